The highest BCUT2D eigenvalue weighted by Gasteiger charge is 2.19. The van der Waals surface area contributed by atoms with Gasteiger partial charge >= 0.3 is 0 Å². The molecule has 92 valence electrons. The largest absolute Gasteiger partial charge is 0.288 e. The van der Waals surface area contributed by atoms with E-state index in [0.29, 0.717) is 5.56 Å². The molecule has 2 aromatic carbocycles. The van der Waals surface area contributed by atoms with Gasteiger partial charge in [-0.15, -0.1) is 0 Å². The molecule has 0 N–H and O–H groups in total. The maximum Gasteiger partial charge on any atom is 0.196 e. The SMILES string of the molecule is Cc1cccc(C)c1C(=O)c1cccc(F)c1F. The van der Waals surface area contributed by atoms with Gasteiger partial charge in [0.05, 0.1) is 5.56 Å². The van der Waals surface area contributed by atoms with Crippen molar-refractivity contribution in [3.63, 3.8) is 0 Å². The first kappa shape index (κ1) is 12.4. The van der Waals surface area contributed by atoms with Gasteiger partial charge in [-0.1, -0.05) is 24.3 Å². The van der Waals surface area contributed by atoms with Gasteiger partial charge in [-0.25, -0.2) is 8.78 Å². The van der Waals surface area contributed by atoms with Crippen LogP contribution in [0.4, 0.5) is 8.78 Å². The van der Waals surface area contributed by atoms with Crippen LogP contribution in [0.1, 0.15) is 27.0 Å². The Balaban J connectivity index is 2.59. The second-order valence-corrected chi connectivity index (χ2v) is 4.20. The fraction of sp³-hybridized carbons (Fsp3) is 0.133. The average molecular weight is 246 g/mol. The van der Waals surface area contributed by atoms with Crippen LogP contribution >= 0.6 is 0 Å². The van der Waals surface area contributed by atoms with Crippen molar-refractivity contribution in [1.29, 1.82) is 0 Å². The number of halogens is 2. The van der Waals surface area contributed by atoms with Crippen molar-refractivity contribution in [3.05, 3.63) is 70.3 Å². The van der Waals surface area contributed by atoms with Crippen molar-refractivity contribution in [1.82, 2.24) is 0 Å². The third-order valence-electron chi connectivity index (χ3n) is 2.90. The maximum absolute atomic E-state index is 13.6. The smallest absolute Gasteiger partial charge is 0.196 e. The molecule has 0 saturated carbocycles. The summed E-state index contributed by atoms with van der Waals surface area (Å²) < 4.78 is 26.7. The highest BCUT2D eigenvalue weighted by atomic mass is 19.2. The Hall–Kier alpha value is -2.03. The van der Waals surface area contributed by atoms with E-state index in [9.17, 15) is 13.6 Å². The minimum Gasteiger partial charge on any atom is -0.288 e. The number of rotatable bonds is 2. The maximum atomic E-state index is 13.6. The molecule has 0 unspecified atom stereocenters. The molecule has 18 heavy (non-hydrogen) atoms. The lowest BCUT2D eigenvalue weighted by Crippen LogP contribution is -2.09. The van der Waals surface area contributed by atoms with Crippen molar-refractivity contribution in [2.24, 2.45) is 0 Å². The van der Waals surface area contributed by atoms with Crippen LogP contribution in [0.3, 0.4) is 0 Å². The number of carbonyl (C=O) groups is 1. The molecule has 0 radical (unpaired) electrons. The van der Waals surface area contributed by atoms with Gasteiger partial charge in [0.25, 0.3) is 0 Å². The number of carbonyl (C=O) groups excluding carboxylic acids is 1. The fourth-order valence-electron chi connectivity index (χ4n) is 1.99. The second kappa shape index (κ2) is 4.69. The molecule has 3 heteroatoms. The summed E-state index contributed by atoms with van der Waals surface area (Å²) in [5.74, 6) is -2.58. The third-order valence-corrected chi connectivity index (χ3v) is 2.90. The van der Waals surface area contributed by atoms with E-state index in [4.69, 9.17) is 0 Å². The lowest BCUT2D eigenvalue weighted by molar-refractivity contribution is 0.103. The molecular formula is C15H12F2O. The monoisotopic (exact) mass is 246 g/mol. The van der Waals surface area contributed by atoms with Crippen LogP contribution in [0.25, 0.3) is 0 Å². The molecule has 0 aliphatic carbocycles. The van der Waals surface area contributed by atoms with Gasteiger partial charge in [-0.05, 0) is 37.1 Å². The first-order valence-electron chi connectivity index (χ1n) is 5.57. The Kier molecular flexibility index (Phi) is 3.24. The molecular weight excluding hydrogens is 234 g/mol. The first-order valence-corrected chi connectivity index (χ1v) is 5.57. The Bertz CT molecular complexity index is 598. The quantitative estimate of drug-likeness (QED) is 0.736. The van der Waals surface area contributed by atoms with Crippen LogP contribution in [0, 0.1) is 25.5 Å². The van der Waals surface area contributed by atoms with Gasteiger partial charge in [0.15, 0.2) is 17.4 Å². The van der Waals surface area contributed by atoms with Gasteiger partial charge in [0.2, 0.25) is 0 Å². The average Bonchev–Trinajstić information content (AvgIpc) is 2.32. The minimum atomic E-state index is -1.09. The van der Waals surface area contributed by atoms with E-state index in [1.165, 1.54) is 12.1 Å². The van der Waals surface area contributed by atoms with Crippen LogP contribution in [-0.4, -0.2) is 5.78 Å². The van der Waals surface area contributed by atoms with Crippen molar-refractivity contribution < 1.29 is 13.6 Å². The van der Waals surface area contributed by atoms with E-state index in [2.05, 4.69) is 0 Å². The van der Waals surface area contributed by atoms with Crippen LogP contribution in [-0.2, 0) is 0 Å². The number of hydrogen-bond donors (Lipinski definition) is 0. The van der Waals surface area contributed by atoms with Crippen molar-refractivity contribution in [2.75, 3.05) is 0 Å². The minimum absolute atomic E-state index is 0.229. The zero-order valence-corrected chi connectivity index (χ0v) is 10.1. The molecule has 0 atom stereocenters. The predicted molar refractivity (Wildman–Crippen MR) is 65.7 cm³/mol. The summed E-state index contributed by atoms with van der Waals surface area (Å²) in [7, 11) is 0. The van der Waals surface area contributed by atoms with Crippen molar-refractivity contribution >= 4 is 5.78 Å². The van der Waals surface area contributed by atoms with Gasteiger partial charge in [-0.3, -0.25) is 4.79 Å². The summed E-state index contributed by atoms with van der Waals surface area (Å²) in [6.07, 6.45) is 0. The highest BCUT2D eigenvalue weighted by Crippen LogP contribution is 2.21. The molecule has 2 aromatic rings. The van der Waals surface area contributed by atoms with Crippen molar-refractivity contribution in [3.8, 4) is 0 Å². The fourth-order valence-corrected chi connectivity index (χ4v) is 1.99. The molecule has 0 aliphatic heterocycles. The molecule has 0 fully saturated rings. The summed E-state index contributed by atoms with van der Waals surface area (Å²) >= 11 is 0. The zero-order valence-electron chi connectivity index (χ0n) is 10.1. The normalized spacial score (nSPS) is 10.4. The molecule has 0 amide bonds. The zero-order chi connectivity index (χ0) is 13.3. The van der Waals surface area contributed by atoms with Crippen molar-refractivity contribution in [2.45, 2.75) is 13.8 Å². The molecule has 1 nitrogen and oxygen atoms in total. The Labute approximate surface area is 104 Å². The number of aryl methyl sites for hydroxylation is 2. The molecule has 0 aliphatic rings. The summed E-state index contributed by atoms with van der Waals surface area (Å²) in [4.78, 5) is 12.3. The Morgan fingerprint density at radius 1 is 0.944 bits per heavy atom. The van der Waals surface area contributed by atoms with E-state index in [-0.39, 0.29) is 5.56 Å². The van der Waals surface area contributed by atoms with Gasteiger partial charge < -0.3 is 0 Å². The topological polar surface area (TPSA) is 17.1 Å². The Morgan fingerprint density at radius 3 is 2.11 bits per heavy atom. The molecule has 0 bridgehead atoms. The molecule has 0 aromatic heterocycles. The van der Waals surface area contributed by atoms with Crippen LogP contribution in [0.5, 0.6) is 0 Å². The van der Waals surface area contributed by atoms with Crippen LogP contribution in [0.15, 0.2) is 36.4 Å². The van der Waals surface area contributed by atoms with Gasteiger partial charge in [-0.2, -0.15) is 0 Å². The molecule has 0 spiro atoms. The molecule has 0 saturated heterocycles. The second-order valence-electron chi connectivity index (χ2n) is 4.20. The lowest BCUT2D eigenvalue weighted by Gasteiger charge is -2.09. The van der Waals surface area contributed by atoms with E-state index in [1.54, 1.807) is 26.0 Å². The Morgan fingerprint density at radius 2 is 1.50 bits per heavy atom. The van der Waals surface area contributed by atoms with E-state index < -0.39 is 17.4 Å². The summed E-state index contributed by atoms with van der Waals surface area (Å²) in [6.45, 7) is 3.55. The third kappa shape index (κ3) is 2.04. The number of hydrogen-bond acceptors (Lipinski definition) is 1. The summed E-state index contributed by atoms with van der Waals surface area (Å²) in [5.41, 5.74) is 1.71. The van der Waals surface area contributed by atoms with E-state index in [1.807, 2.05) is 6.07 Å². The number of ketones is 1. The summed E-state index contributed by atoms with van der Waals surface area (Å²) in [6, 6.07) is 9.00. The van der Waals surface area contributed by atoms with Crippen LogP contribution in [0.2, 0.25) is 0 Å². The lowest BCUT2D eigenvalue weighted by atomic mass is 9.94. The van der Waals surface area contributed by atoms with Gasteiger partial charge in [0, 0.05) is 5.56 Å². The first-order chi connectivity index (χ1) is 8.52. The number of benzene rings is 2. The predicted octanol–water partition coefficient (Wildman–Crippen LogP) is 3.81. The molecule has 0 heterocycles. The van der Waals surface area contributed by atoms with Crippen LogP contribution < -0.4 is 0 Å². The van der Waals surface area contributed by atoms with Gasteiger partial charge in [0.1, 0.15) is 0 Å². The highest BCUT2D eigenvalue weighted by molar-refractivity contribution is 6.10. The van der Waals surface area contributed by atoms with E-state index >= 15 is 0 Å². The summed E-state index contributed by atoms with van der Waals surface area (Å²) in [5, 5.41) is 0. The van der Waals surface area contributed by atoms with E-state index in [0.717, 1.165) is 17.2 Å². The molecule has 2 rings (SSSR count). The standard InChI is InChI=1S/C15H12F2O/c1-9-5-3-6-10(2)13(9)15(18)11-7-4-8-12(16)14(11)17/h3-8H,1-2H3.